The fraction of sp³-hybridized carbons (Fsp3) is 0.667. The Hall–Kier alpha value is -1.55. The Balaban J connectivity index is 1.27. The molecule has 1 aromatic rings. The molecule has 0 aromatic heterocycles. The number of benzene rings is 1. The van der Waals surface area contributed by atoms with E-state index in [0.29, 0.717) is 29.4 Å². The van der Waals surface area contributed by atoms with Gasteiger partial charge in [-0.15, -0.1) is 0 Å². The van der Waals surface area contributed by atoms with Crippen molar-refractivity contribution >= 4 is 5.96 Å². The van der Waals surface area contributed by atoms with Gasteiger partial charge in [-0.05, 0) is 31.2 Å². The van der Waals surface area contributed by atoms with Gasteiger partial charge in [-0.2, -0.15) is 0 Å². The quantitative estimate of drug-likeness (QED) is 0.665. The zero-order chi connectivity index (χ0) is 16.9. The smallest absolute Gasteiger partial charge is 0.193 e. The topological polar surface area (TPSA) is 36.9 Å². The Labute approximate surface area is 150 Å². The lowest BCUT2D eigenvalue weighted by atomic mass is 9.46. The number of hydrogen-bond acceptors (Lipinski definition) is 2. The Morgan fingerprint density at radius 1 is 1.24 bits per heavy atom. The van der Waals surface area contributed by atoms with Crippen molar-refractivity contribution in [2.24, 2.45) is 16.3 Å². The van der Waals surface area contributed by atoms with Gasteiger partial charge in [0.25, 0.3) is 0 Å². The van der Waals surface area contributed by atoms with E-state index in [9.17, 15) is 0 Å². The lowest BCUT2D eigenvalue weighted by molar-refractivity contribution is -0.171. The monoisotopic (exact) mass is 339 g/mol. The number of aliphatic imine (C=N–C) groups is 1. The van der Waals surface area contributed by atoms with Crippen molar-refractivity contribution in [3.05, 3.63) is 35.9 Å². The highest BCUT2D eigenvalue weighted by Crippen LogP contribution is 2.62. The summed E-state index contributed by atoms with van der Waals surface area (Å²) in [5.41, 5.74) is 1.87. The lowest BCUT2D eigenvalue weighted by Gasteiger charge is -2.63. The second-order valence-corrected chi connectivity index (χ2v) is 8.34. The van der Waals surface area contributed by atoms with Gasteiger partial charge in [-0.1, -0.05) is 36.8 Å². The molecule has 0 amide bonds. The Morgan fingerprint density at radius 2 is 2.08 bits per heavy atom. The van der Waals surface area contributed by atoms with Crippen molar-refractivity contribution in [3.63, 3.8) is 0 Å². The minimum Gasteiger partial charge on any atom is -0.377 e. The Kier molecular flexibility index (Phi) is 3.77. The zero-order valence-corrected chi connectivity index (χ0v) is 15.2. The SMILES string of the molecule is CN=C(NC1C2CCOC2C12CCC2)N1CCC(c2ccccc2)C1. The number of ether oxygens (including phenoxy) is 1. The summed E-state index contributed by atoms with van der Waals surface area (Å²) >= 11 is 0. The van der Waals surface area contributed by atoms with Gasteiger partial charge in [-0.25, -0.2) is 0 Å². The summed E-state index contributed by atoms with van der Waals surface area (Å²) in [6.45, 7) is 3.13. The van der Waals surface area contributed by atoms with E-state index in [2.05, 4.69) is 45.5 Å². The molecule has 1 N–H and O–H groups in total. The summed E-state index contributed by atoms with van der Waals surface area (Å²) in [7, 11) is 1.94. The summed E-state index contributed by atoms with van der Waals surface area (Å²) < 4.78 is 6.06. The van der Waals surface area contributed by atoms with E-state index in [0.717, 1.165) is 25.7 Å². The first-order valence-electron chi connectivity index (χ1n) is 9.97. The number of guanidine groups is 1. The molecule has 4 fully saturated rings. The number of hydrogen-bond donors (Lipinski definition) is 1. The predicted octanol–water partition coefficient (Wildman–Crippen LogP) is 3.01. The van der Waals surface area contributed by atoms with Crippen LogP contribution in [-0.2, 0) is 4.74 Å². The molecule has 25 heavy (non-hydrogen) atoms. The van der Waals surface area contributed by atoms with Crippen LogP contribution in [0.1, 0.15) is 43.6 Å². The van der Waals surface area contributed by atoms with Crippen LogP contribution in [0.3, 0.4) is 0 Å². The maximum absolute atomic E-state index is 6.06. The number of fused-ring (bicyclic) bond motifs is 2. The lowest BCUT2D eigenvalue weighted by Crippen LogP contribution is -2.72. The van der Waals surface area contributed by atoms with Gasteiger partial charge in [-0.3, -0.25) is 4.99 Å². The van der Waals surface area contributed by atoms with E-state index in [1.54, 1.807) is 0 Å². The average molecular weight is 339 g/mol. The third kappa shape index (κ3) is 2.33. The molecule has 2 aliphatic carbocycles. The zero-order valence-electron chi connectivity index (χ0n) is 15.2. The third-order valence-corrected chi connectivity index (χ3v) is 7.29. The number of rotatable bonds is 2. The molecule has 1 spiro atoms. The van der Waals surface area contributed by atoms with Crippen LogP contribution in [-0.4, -0.2) is 49.7 Å². The molecule has 2 saturated carbocycles. The molecule has 4 heteroatoms. The normalized spacial score (nSPS) is 36.0. The number of nitrogens with zero attached hydrogens (tertiary/aromatic N) is 2. The molecule has 4 nitrogen and oxygen atoms in total. The molecule has 4 aliphatic rings. The fourth-order valence-electron chi connectivity index (χ4n) is 5.84. The summed E-state index contributed by atoms with van der Waals surface area (Å²) in [6, 6.07) is 11.5. The highest BCUT2D eigenvalue weighted by atomic mass is 16.5. The standard InChI is InChI=1S/C21H29N3O/c1-22-20(24-12-8-16(14-24)15-6-3-2-4-7-15)23-18-17-9-13-25-19(17)21(18)10-5-11-21/h2-4,6-7,16-19H,5,8-14H2,1H3,(H,22,23). The van der Waals surface area contributed by atoms with Gasteiger partial charge < -0.3 is 15.0 Å². The molecule has 2 saturated heterocycles. The van der Waals surface area contributed by atoms with Gasteiger partial charge in [0.05, 0.1) is 6.10 Å². The molecule has 4 atom stereocenters. The second-order valence-electron chi connectivity index (χ2n) is 8.34. The molecular formula is C21H29N3O. The van der Waals surface area contributed by atoms with Gasteiger partial charge in [0.1, 0.15) is 0 Å². The summed E-state index contributed by atoms with van der Waals surface area (Å²) in [5.74, 6) is 2.44. The van der Waals surface area contributed by atoms with Crippen molar-refractivity contribution in [1.82, 2.24) is 10.2 Å². The van der Waals surface area contributed by atoms with Crippen LogP contribution in [0, 0.1) is 11.3 Å². The first-order valence-corrected chi connectivity index (χ1v) is 9.97. The van der Waals surface area contributed by atoms with E-state index >= 15 is 0 Å². The van der Waals surface area contributed by atoms with Crippen molar-refractivity contribution < 1.29 is 4.74 Å². The highest BCUT2D eigenvalue weighted by molar-refractivity contribution is 5.81. The minimum absolute atomic E-state index is 0.412. The highest BCUT2D eigenvalue weighted by Gasteiger charge is 2.66. The van der Waals surface area contributed by atoms with Crippen LogP contribution in [0.2, 0.25) is 0 Å². The molecular weight excluding hydrogens is 310 g/mol. The molecule has 0 radical (unpaired) electrons. The third-order valence-electron chi connectivity index (χ3n) is 7.29. The number of likely N-dealkylation sites (tertiary alicyclic amines) is 1. The van der Waals surface area contributed by atoms with E-state index in [1.165, 1.54) is 37.7 Å². The molecule has 4 unspecified atom stereocenters. The van der Waals surface area contributed by atoms with Gasteiger partial charge in [0, 0.05) is 50.0 Å². The van der Waals surface area contributed by atoms with Crippen molar-refractivity contribution in [1.29, 1.82) is 0 Å². The summed E-state index contributed by atoms with van der Waals surface area (Å²) in [5, 5.41) is 3.88. The van der Waals surface area contributed by atoms with Gasteiger partial charge >= 0.3 is 0 Å². The minimum atomic E-state index is 0.412. The van der Waals surface area contributed by atoms with Crippen LogP contribution in [0.4, 0.5) is 0 Å². The summed E-state index contributed by atoms with van der Waals surface area (Å²) in [4.78, 5) is 7.11. The van der Waals surface area contributed by atoms with Crippen LogP contribution in [0.15, 0.2) is 35.3 Å². The maximum atomic E-state index is 6.06. The van der Waals surface area contributed by atoms with Crippen molar-refractivity contribution in [2.75, 3.05) is 26.7 Å². The first-order chi connectivity index (χ1) is 12.3. The van der Waals surface area contributed by atoms with Crippen LogP contribution in [0.25, 0.3) is 0 Å². The van der Waals surface area contributed by atoms with E-state index < -0.39 is 0 Å². The van der Waals surface area contributed by atoms with Crippen LogP contribution < -0.4 is 5.32 Å². The first kappa shape index (κ1) is 15.7. The molecule has 2 aliphatic heterocycles. The molecule has 5 rings (SSSR count). The molecule has 2 heterocycles. The van der Waals surface area contributed by atoms with Crippen molar-refractivity contribution in [3.8, 4) is 0 Å². The van der Waals surface area contributed by atoms with Gasteiger partial charge in [0.15, 0.2) is 5.96 Å². The van der Waals surface area contributed by atoms with E-state index in [4.69, 9.17) is 4.74 Å². The Bertz CT molecular complexity index is 654. The molecule has 0 bridgehead atoms. The van der Waals surface area contributed by atoms with Crippen LogP contribution >= 0.6 is 0 Å². The Morgan fingerprint density at radius 3 is 2.80 bits per heavy atom. The maximum Gasteiger partial charge on any atom is 0.193 e. The van der Waals surface area contributed by atoms with Crippen molar-refractivity contribution in [2.45, 2.75) is 50.2 Å². The predicted molar refractivity (Wildman–Crippen MR) is 99.8 cm³/mol. The largest absolute Gasteiger partial charge is 0.377 e. The second kappa shape index (κ2) is 6.01. The van der Waals surface area contributed by atoms with E-state index in [-0.39, 0.29) is 0 Å². The number of nitrogens with one attached hydrogen (secondary N) is 1. The van der Waals surface area contributed by atoms with Gasteiger partial charge in [0.2, 0.25) is 0 Å². The molecule has 1 aromatic carbocycles. The molecule has 134 valence electrons. The summed E-state index contributed by atoms with van der Waals surface area (Å²) in [6.07, 6.45) is 6.98. The van der Waals surface area contributed by atoms with Crippen LogP contribution in [0.5, 0.6) is 0 Å². The average Bonchev–Trinajstić information content (AvgIpc) is 3.24. The van der Waals surface area contributed by atoms with E-state index in [1.807, 2.05) is 7.05 Å². The fourth-order valence-corrected chi connectivity index (χ4v) is 5.84.